The molecule has 0 unspecified atom stereocenters. The second-order valence-corrected chi connectivity index (χ2v) is 42.0. The fourth-order valence-electron chi connectivity index (χ4n) is 4.48. The minimum absolute atomic E-state index is 0.0255. The summed E-state index contributed by atoms with van der Waals surface area (Å²) in [6.07, 6.45) is 3.37. The Morgan fingerprint density at radius 1 is 0.656 bits per heavy atom. The van der Waals surface area contributed by atoms with Gasteiger partial charge in [-0.15, -0.1) is 0 Å². The van der Waals surface area contributed by atoms with Gasteiger partial charge in [0.2, 0.25) is 10.0 Å². The van der Waals surface area contributed by atoms with Gasteiger partial charge in [-0.25, -0.2) is 22.0 Å². The first-order chi connectivity index (χ1) is 28.4. The van der Waals surface area contributed by atoms with Crippen LogP contribution < -0.4 is 19.3 Å². The molecular weight excluding hydrogens is 993 g/mol. The molecule has 0 saturated heterocycles. The molecule has 0 bridgehead atoms. The van der Waals surface area contributed by atoms with Crippen LogP contribution >= 0.6 is 23.2 Å². The standard InChI is InChI=1S/C19H21ClGeN4O4S.C13H16ClGeN3O3.C6H7NO2S/c1-21(2,3)13-29-17-11-12-25(23-17)16-10-9-15(18(20)22-16)19(26)24-30(27,28)14-7-5-4-6-8-14;1-15(2,3)8-21-11-6-7-18(17-11)10-5-4-9(13(19)20)12(14)16-10;7-10(8,9)6-4-2-1-3-5-6/h4-12H,13H2,1-3H3,(H,24,26);4-7H,8H2,1-3H3,(H,19,20);1-5H,(H2,7,8,9). The van der Waals surface area contributed by atoms with Crippen LogP contribution in [0.4, 0.5) is 0 Å². The van der Waals surface area contributed by atoms with E-state index < -0.39 is 58.5 Å². The van der Waals surface area contributed by atoms with E-state index in [4.69, 9.17) is 42.9 Å². The molecule has 17 nitrogen and oxygen atoms in total. The molecule has 23 heteroatoms. The number of hydrogen-bond donors (Lipinski definition) is 3. The van der Waals surface area contributed by atoms with Crippen molar-refractivity contribution >= 4 is 81.7 Å². The summed E-state index contributed by atoms with van der Waals surface area (Å²) in [6.45, 7) is 0. The Hall–Kier alpha value is -4.77. The maximum absolute atomic E-state index is 12.4. The summed E-state index contributed by atoms with van der Waals surface area (Å²) in [6, 6.07) is 24.8. The van der Waals surface area contributed by atoms with Crippen molar-refractivity contribution in [3.8, 4) is 23.4 Å². The first-order valence-corrected chi connectivity index (χ1v) is 37.4. The first kappa shape index (κ1) is 48.9. The molecule has 0 saturated carbocycles. The van der Waals surface area contributed by atoms with Gasteiger partial charge in [-0.2, -0.15) is 0 Å². The molecule has 4 heterocycles. The zero-order chi connectivity index (χ0) is 45.2. The molecule has 4 N–H and O–H groups in total. The number of carboxylic acid groups (broad SMARTS) is 1. The van der Waals surface area contributed by atoms with Gasteiger partial charge in [0.15, 0.2) is 0 Å². The number of ether oxygens (including phenoxy) is 2. The number of aromatic carboxylic acids is 1. The summed E-state index contributed by atoms with van der Waals surface area (Å²) >= 11 is 8.34. The predicted molar refractivity (Wildman–Crippen MR) is 236 cm³/mol. The zero-order valence-corrected chi connectivity index (χ0v) is 41.2. The Balaban J connectivity index is 0.000000228. The number of rotatable bonds is 13. The van der Waals surface area contributed by atoms with E-state index in [1.54, 1.807) is 67.0 Å². The Kier molecular flexibility index (Phi) is 16.7. The van der Waals surface area contributed by atoms with Crippen LogP contribution in [-0.4, -0.2) is 101 Å². The van der Waals surface area contributed by atoms with Crippen LogP contribution in [0.2, 0.25) is 44.8 Å². The molecular formula is C38H44Cl2Ge2N8O9S2. The van der Waals surface area contributed by atoms with Gasteiger partial charge >= 0.3 is 269 Å². The fourth-order valence-corrected chi connectivity index (χ4v) is 8.91. The van der Waals surface area contributed by atoms with Crippen LogP contribution in [-0.2, 0) is 20.0 Å². The average molecular weight is 1040 g/mol. The molecule has 6 aromatic rings. The van der Waals surface area contributed by atoms with E-state index in [1.165, 1.54) is 51.8 Å². The van der Waals surface area contributed by atoms with Gasteiger partial charge in [0.05, 0.1) is 9.79 Å². The normalized spacial score (nSPS) is 11.6. The number of nitrogens with two attached hydrogens (primary N) is 1. The Bertz CT molecular complexity index is 2680. The summed E-state index contributed by atoms with van der Waals surface area (Å²) in [4.78, 5) is 31.6. The molecule has 0 aliphatic rings. The number of nitrogens with zero attached hydrogens (tertiary/aromatic N) is 6. The van der Waals surface area contributed by atoms with Crippen LogP contribution in [0.5, 0.6) is 11.8 Å². The summed E-state index contributed by atoms with van der Waals surface area (Å²) in [5.41, 5.74) is 1.30. The van der Waals surface area contributed by atoms with Gasteiger partial charge in [-0.05, 0) is 24.3 Å². The number of hydrogen-bond acceptors (Lipinski definition) is 12. The Morgan fingerprint density at radius 3 is 1.43 bits per heavy atom. The number of amides is 1. The number of pyridine rings is 2. The SMILES string of the molecule is NS(=O)(=O)c1ccccc1.[CH3][Ge]([CH3])([CH3])[CH2]Oc1ccn(-c2ccc(C(=O)NS(=O)(=O)c3ccccc3)c(Cl)n2)n1.[CH3][Ge]([CH3])([CH3])[CH2]Oc1ccn(-c2ccc(C(=O)O)c(Cl)n2)n1. The van der Waals surface area contributed by atoms with Crippen molar-refractivity contribution in [2.24, 2.45) is 5.14 Å². The average Bonchev–Trinajstić information content (AvgIpc) is 3.87. The van der Waals surface area contributed by atoms with Gasteiger partial charge in [-0.3, -0.25) is 0 Å². The summed E-state index contributed by atoms with van der Waals surface area (Å²) in [7, 11) is -7.52. The number of halogens is 2. The van der Waals surface area contributed by atoms with Crippen molar-refractivity contribution in [2.75, 3.05) is 10.9 Å². The Morgan fingerprint density at radius 2 is 1.07 bits per heavy atom. The topological polar surface area (TPSA) is 241 Å². The van der Waals surface area contributed by atoms with Crippen molar-refractivity contribution in [2.45, 2.75) is 44.3 Å². The van der Waals surface area contributed by atoms with E-state index in [0.717, 1.165) is 5.44 Å². The van der Waals surface area contributed by atoms with E-state index in [-0.39, 0.29) is 31.2 Å². The third-order valence-corrected chi connectivity index (χ3v) is 14.5. The fraction of sp³-hybridized carbons (Fsp3) is 0.211. The van der Waals surface area contributed by atoms with Gasteiger partial charge < -0.3 is 0 Å². The maximum atomic E-state index is 12.4. The predicted octanol–water partition coefficient (Wildman–Crippen LogP) is 6.50. The van der Waals surface area contributed by atoms with Crippen LogP contribution in [0.15, 0.2) is 119 Å². The number of carbonyl (C=O) groups is 2. The number of aromatic nitrogens is 6. The molecule has 1 amide bonds. The van der Waals surface area contributed by atoms with Gasteiger partial charge in [0.1, 0.15) is 0 Å². The molecule has 4 aromatic heterocycles. The number of benzene rings is 2. The van der Waals surface area contributed by atoms with Gasteiger partial charge in [-0.1, -0.05) is 36.4 Å². The molecule has 0 spiro atoms. The van der Waals surface area contributed by atoms with Gasteiger partial charge in [0.25, 0.3) is 0 Å². The third kappa shape index (κ3) is 15.6. The molecule has 0 radical (unpaired) electrons. The summed E-state index contributed by atoms with van der Waals surface area (Å²) < 4.78 is 62.2. The van der Waals surface area contributed by atoms with E-state index in [0.29, 0.717) is 28.8 Å². The quantitative estimate of drug-likeness (QED) is 0.0828. The molecule has 61 heavy (non-hydrogen) atoms. The van der Waals surface area contributed by atoms with Crippen molar-refractivity contribution in [1.82, 2.24) is 34.3 Å². The number of nitrogens with one attached hydrogen (secondary N) is 1. The van der Waals surface area contributed by atoms with Crippen molar-refractivity contribution in [3.63, 3.8) is 0 Å². The molecule has 6 rings (SSSR count). The van der Waals surface area contributed by atoms with Crippen molar-refractivity contribution < 1.29 is 41.0 Å². The number of carbonyl (C=O) groups excluding carboxylic acids is 1. The monoisotopic (exact) mass is 1040 g/mol. The second kappa shape index (κ2) is 20.9. The molecule has 0 aliphatic carbocycles. The van der Waals surface area contributed by atoms with Gasteiger partial charge in [0, 0.05) is 0 Å². The van der Waals surface area contributed by atoms with Crippen LogP contribution in [0.1, 0.15) is 20.7 Å². The molecule has 324 valence electrons. The van der Waals surface area contributed by atoms with Crippen molar-refractivity contribution in [1.29, 1.82) is 0 Å². The minimum atomic E-state index is -4.02. The van der Waals surface area contributed by atoms with E-state index in [9.17, 15) is 26.4 Å². The summed E-state index contributed by atoms with van der Waals surface area (Å²) in [5, 5.41) is 22.1. The first-order valence-electron chi connectivity index (χ1n) is 18.1. The number of primary sulfonamides is 1. The zero-order valence-electron chi connectivity index (χ0n) is 33.9. The van der Waals surface area contributed by atoms with E-state index >= 15 is 0 Å². The second-order valence-electron chi connectivity index (χ2n) is 15.3. The van der Waals surface area contributed by atoms with E-state index in [1.807, 2.05) is 4.72 Å². The molecule has 0 atom stereocenters. The van der Waals surface area contributed by atoms with Crippen LogP contribution in [0.25, 0.3) is 11.6 Å². The molecule has 0 aliphatic heterocycles. The van der Waals surface area contributed by atoms with Crippen LogP contribution in [0, 0.1) is 0 Å². The van der Waals surface area contributed by atoms with Crippen molar-refractivity contribution in [3.05, 3.63) is 131 Å². The summed E-state index contributed by atoms with van der Waals surface area (Å²) in [5.74, 6) is 13.3. The number of carboxylic acids is 1. The molecule has 2 aromatic carbocycles. The van der Waals surface area contributed by atoms with Crippen LogP contribution in [0.3, 0.4) is 0 Å². The van der Waals surface area contributed by atoms with E-state index in [2.05, 4.69) is 54.7 Å². The third-order valence-electron chi connectivity index (χ3n) is 7.40. The Labute approximate surface area is 369 Å². The number of sulfonamides is 2. The molecule has 0 fully saturated rings.